The number of aliphatic hydroxyl groups is 1. The van der Waals surface area contributed by atoms with Gasteiger partial charge in [0.05, 0.1) is 11.3 Å². The van der Waals surface area contributed by atoms with Crippen LogP contribution >= 0.6 is 0 Å². The van der Waals surface area contributed by atoms with Crippen LogP contribution in [0.5, 0.6) is 0 Å². The summed E-state index contributed by atoms with van der Waals surface area (Å²) in [6.07, 6.45) is 13.5. The van der Waals surface area contributed by atoms with Gasteiger partial charge in [-0.3, -0.25) is 4.79 Å². The number of carbonyl (C=O) groups excluding carboxylic acids is 1. The third kappa shape index (κ3) is 7.95. The number of carbonyl (C=O) groups is 1. The van der Waals surface area contributed by atoms with Crippen LogP contribution in [0.2, 0.25) is 0 Å². The monoisotopic (exact) mass is 277 g/mol. The first kappa shape index (κ1) is 16.7. The molecule has 0 fully saturated rings. The fourth-order valence-electron chi connectivity index (χ4n) is 2.30. The lowest BCUT2D eigenvalue weighted by Gasteiger charge is -2.18. The first-order valence-corrected chi connectivity index (χ1v) is 7.50. The van der Waals surface area contributed by atoms with E-state index in [0.29, 0.717) is 5.69 Å². The number of rotatable bonds is 5. The normalized spacial score (nSPS) is 15.1. The molecule has 1 aliphatic rings. The summed E-state index contributed by atoms with van der Waals surface area (Å²) in [7, 11) is 0. The highest BCUT2D eigenvalue weighted by Gasteiger charge is 2.12. The zero-order valence-corrected chi connectivity index (χ0v) is 12.7. The van der Waals surface area contributed by atoms with Gasteiger partial charge in [0, 0.05) is 6.20 Å². The van der Waals surface area contributed by atoms with Gasteiger partial charge >= 0.3 is 0 Å². The number of aldehydes is 1. The first-order valence-electron chi connectivity index (χ1n) is 7.50. The second-order valence-electron chi connectivity index (χ2n) is 6.02. The minimum atomic E-state index is -0.477. The molecule has 0 unspecified atom stereocenters. The van der Waals surface area contributed by atoms with Crippen LogP contribution < -0.4 is 0 Å². The molecule has 0 saturated heterocycles. The fourth-order valence-corrected chi connectivity index (χ4v) is 2.30. The van der Waals surface area contributed by atoms with Gasteiger partial charge < -0.3 is 10.1 Å². The Kier molecular flexibility index (Phi) is 7.31. The van der Waals surface area contributed by atoms with Gasteiger partial charge in [-0.25, -0.2) is 0 Å². The van der Waals surface area contributed by atoms with E-state index >= 15 is 0 Å². The topological polar surface area (TPSA) is 53.1 Å². The van der Waals surface area contributed by atoms with E-state index in [1.54, 1.807) is 23.9 Å². The number of H-pyrrole nitrogens is 1. The van der Waals surface area contributed by atoms with Crippen LogP contribution in [0, 0.1) is 0 Å². The highest BCUT2D eigenvalue weighted by Crippen LogP contribution is 2.23. The van der Waals surface area contributed by atoms with Gasteiger partial charge in [-0.1, -0.05) is 11.6 Å². The SMILES string of the molecule is CC(C)(O)CCCC1=CCCCC1.O=Cc1ccc[nH]1. The zero-order chi connectivity index (χ0) is 14.8. The summed E-state index contributed by atoms with van der Waals surface area (Å²) in [5.74, 6) is 0. The average Bonchev–Trinajstić information content (AvgIpc) is 2.92. The van der Waals surface area contributed by atoms with E-state index in [4.69, 9.17) is 0 Å². The number of aromatic amines is 1. The van der Waals surface area contributed by atoms with E-state index in [9.17, 15) is 9.90 Å². The zero-order valence-electron chi connectivity index (χ0n) is 12.7. The summed E-state index contributed by atoms with van der Waals surface area (Å²) in [5, 5.41) is 9.53. The van der Waals surface area contributed by atoms with Gasteiger partial charge in [-0.2, -0.15) is 0 Å². The van der Waals surface area contributed by atoms with Crippen LogP contribution in [0.25, 0.3) is 0 Å². The lowest BCUT2D eigenvalue weighted by atomic mass is 9.93. The Balaban J connectivity index is 0.000000240. The lowest BCUT2D eigenvalue weighted by Crippen LogP contribution is -2.17. The molecule has 0 saturated carbocycles. The van der Waals surface area contributed by atoms with Crippen molar-refractivity contribution in [3.8, 4) is 0 Å². The number of allylic oxidation sites excluding steroid dienone is 2. The van der Waals surface area contributed by atoms with Gasteiger partial charge in [-0.05, 0) is 70.9 Å². The van der Waals surface area contributed by atoms with E-state index in [1.807, 2.05) is 13.8 Å². The van der Waals surface area contributed by atoms with Gasteiger partial charge in [-0.15, -0.1) is 0 Å². The molecule has 0 aliphatic heterocycles. The molecule has 1 aliphatic carbocycles. The largest absolute Gasteiger partial charge is 0.390 e. The lowest BCUT2D eigenvalue weighted by molar-refractivity contribution is 0.0688. The molecule has 0 spiro atoms. The highest BCUT2D eigenvalue weighted by atomic mass is 16.3. The van der Waals surface area contributed by atoms with Gasteiger partial charge in [0.25, 0.3) is 0 Å². The summed E-state index contributed by atoms with van der Waals surface area (Å²) in [4.78, 5) is 12.6. The van der Waals surface area contributed by atoms with Crippen molar-refractivity contribution < 1.29 is 9.90 Å². The number of hydrogen-bond donors (Lipinski definition) is 2. The van der Waals surface area contributed by atoms with Crippen LogP contribution in [0.15, 0.2) is 30.0 Å². The number of aromatic nitrogens is 1. The van der Waals surface area contributed by atoms with Crippen molar-refractivity contribution in [3.63, 3.8) is 0 Å². The minimum Gasteiger partial charge on any atom is -0.390 e. The van der Waals surface area contributed by atoms with E-state index in [0.717, 1.165) is 19.1 Å². The summed E-state index contributed by atoms with van der Waals surface area (Å²) in [5.41, 5.74) is 1.77. The predicted octanol–water partition coefficient (Wildman–Crippen LogP) is 4.26. The molecule has 0 amide bonds. The van der Waals surface area contributed by atoms with Crippen molar-refractivity contribution in [3.05, 3.63) is 35.7 Å². The molecule has 2 N–H and O–H groups in total. The van der Waals surface area contributed by atoms with Crippen molar-refractivity contribution >= 4 is 6.29 Å². The fraction of sp³-hybridized carbons (Fsp3) is 0.588. The standard InChI is InChI=1S/C12H22O.C5H5NO/c1-12(2,13)10-6-9-11-7-4-3-5-8-11;7-4-5-2-1-3-6-5/h7,13H,3-6,8-10H2,1-2H3;1-4,6H. The van der Waals surface area contributed by atoms with Crippen LogP contribution in [0.1, 0.15) is 69.3 Å². The van der Waals surface area contributed by atoms with Crippen LogP contribution in [0.4, 0.5) is 0 Å². The van der Waals surface area contributed by atoms with Crippen molar-refractivity contribution in [1.82, 2.24) is 4.98 Å². The predicted molar refractivity (Wildman–Crippen MR) is 82.9 cm³/mol. The molecule has 20 heavy (non-hydrogen) atoms. The minimum absolute atomic E-state index is 0.477. The maximum atomic E-state index is 9.84. The Labute approximate surface area is 122 Å². The molecular weight excluding hydrogens is 250 g/mol. The molecule has 0 atom stereocenters. The van der Waals surface area contributed by atoms with E-state index < -0.39 is 5.60 Å². The van der Waals surface area contributed by atoms with E-state index in [1.165, 1.54) is 32.1 Å². The second kappa shape index (κ2) is 8.75. The Morgan fingerprint density at radius 2 is 2.20 bits per heavy atom. The summed E-state index contributed by atoms with van der Waals surface area (Å²) in [6.45, 7) is 3.78. The maximum absolute atomic E-state index is 9.84. The van der Waals surface area contributed by atoms with Crippen molar-refractivity contribution in [2.45, 2.75) is 64.4 Å². The molecule has 0 bridgehead atoms. The van der Waals surface area contributed by atoms with Gasteiger partial charge in [0.2, 0.25) is 0 Å². The molecule has 0 aromatic carbocycles. The molecule has 112 valence electrons. The molecule has 1 aromatic rings. The molecule has 1 aromatic heterocycles. The van der Waals surface area contributed by atoms with Crippen molar-refractivity contribution in [1.29, 1.82) is 0 Å². The van der Waals surface area contributed by atoms with Gasteiger partial charge in [0.15, 0.2) is 6.29 Å². The van der Waals surface area contributed by atoms with Crippen LogP contribution in [0.3, 0.4) is 0 Å². The Morgan fingerprint density at radius 3 is 2.65 bits per heavy atom. The van der Waals surface area contributed by atoms with Gasteiger partial charge in [0.1, 0.15) is 0 Å². The first-order chi connectivity index (χ1) is 9.51. The summed E-state index contributed by atoms with van der Waals surface area (Å²) in [6, 6.07) is 3.50. The quantitative estimate of drug-likeness (QED) is 0.624. The van der Waals surface area contributed by atoms with Crippen LogP contribution in [-0.2, 0) is 0 Å². The molecule has 1 heterocycles. The third-order valence-electron chi connectivity index (χ3n) is 3.42. The maximum Gasteiger partial charge on any atom is 0.166 e. The molecule has 2 rings (SSSR count). The van der Waals surface area contributed by atoms with E-state index in [-0.39, 0.29) is 0 Å². The third-order valence-corrected chi connectivity index (χ3v) is 3.42. The smallest absolute Gasteiger partial charge is 0.166 e. The Hall–Kier alpha value is -1.35. The van der Waals surface area contributed by atoms with Crippen molar-refractivity contribution in [2.24, 2.45) is 0 Å². The molecule has 3 heteroatoms. The molecular formula is C17H27NO2. The second-order valence-corrected chi connectivity index (χ2v) is 6.02. The number of nitrogens with one attached hydrogen (secondary N) is 1. The molecule has 0 radical (unpaired) electrons. The Bertz CT molecular complexity index is 399. The number of hydrogen-bond acceptors (Lipinski definition) is 2. The average molecular weight is 277 g/mol. The van der Waals surface area contributed by atoms with Crippen LogP contribution in [-0.4, -0.2) is 22.0 Å². The Morgan fingerprint density at radius 1 is 1.40 bits per heavy atom. The summed E-state index contributed by atoms with van der Waals surface area (Å²) < 4.78 is 0. The molecule has 3 nitrogen and oxygen atoms in total. The highest BCUT2D eigenvalue weighted by molar-refractivity contribution is 5.71. The summed E-state index contributed by atoms with van der Waals surface area (Å²) >= 11 is 0. The van der Waals surface area contributed by atoms with E-state index in [2.05, 4.69) is 11.1 Å². The van der Waals surface area contributed by atoms with Crippen molar-refractivity contribution in [2.75, 3.05) is 0 Å².